The summed E-state index contributed by atoms with van der Waals surface area (Å²) in [5.41, 5.74) is 1.31. The van der Waals surface area contributed by atoms with Crippen LogP contribution in [0.15, 0.2) is 30.3 Å². The smallest absolute Gasteiger partial charge is 0.240 e. The normalized spacial score (nSPS) is 21.1. The number of carbonyl (C=O) groups excluding carboxylic acids is 2. The van der Waals surface area contributed by atoms with Crippen LogP contribution >= 0.6 is 12.4 Å². The Balaban J connectivity index is 0.00000261. The van der Waals surface area contributed by atoms with Crippen molar-refractivity contribution in [1.29, 1.82) is 0 Å². The molecule has 1 aromatic carbocycles. The number of hydrogen-bond donors (Lipinski definition) is 1. The van der Waals surface area contributed by atoms with Gasteiger partial charge < -0.3 is 15.1 Å². The van der Waals surface area contributed by atoms with Gasteiger partial charge in [0.1, 0.15) is 0 Å². The molecule has 2 saturated heterocycles. The van der Waals surface area contributed by atoms with Gasteiger partial charge in [0.15, 0.2) is 0 Å². The lowest BCUT2D eigenvalue weighted by atomic mass is 9.98. The van der Waals surface area contributed by atoms with Gasteiger partial charge in [0, 0.05) is 32.7 Å². The summed E-state index contributed by atoms with van der Waals surface area (Å²) in [5.74, 6) is 0.908. The van der Waals surface area contributed by atoms with Crippen LogP contribution in [0.25, 0.3) is 0 Å². The minimum Gasteiger partial charge on any atom is -0.343 e. The lowest BCUT2D eigenvalue weighted by Gasteiger charge is -2.35. The van der Waals surface area contributed by atoms with Crippen molar-refractivity contribution >= 4 is 24.2 Å². The van der Waals surface area contributed by atoms with Gasteiger partial charge in [-0.2, -0.15) is 0 Å². The zero-order valence-electron chi connectivity index (χ0n) is 16.2. The summed E-state index contributed by atoms with van der Waals surface area (Å²) < 4.78 is 0. The van der Waals surface area contributed by atoms with Gasteiger partial charge in [-0.1, -0.05) is 37.3 Å². The van der Waals surface area contributed by atoms with Crippen LogP contribution in [0, 0.1) is 5.92 Å². The molecule has 2 amide bonds. The van der Waals surface area contributed by atoms with E-state index >= 15 is 0 Å². The summed E-state index contributed by atoms with van der Waals surface area (Å²) in [6, 6.07) is 10.0. The number of aryl methyl sites for hydroxylation is 1. The maximum absolute atomic E-state index is 12.7. The predicted molar refractivity (Wildman–Crippen MR) is 110 cm³/mol. The Labute approximate surface area is 168 Å². The third kappa shape index (κ3) is 6.22. The summed E-state index contributed by atoms with van der Waals surface area (Å²) >= 11 is 0. The van der Waals surface area contributed by atoms with Crippen LogP contribution < -0.4 is 5.32 Å². The molecule has 27 heavy (non-hydrogen) atoms. The highest BCUT2D eigenvalue weighted by Gasteiger charge is 2.31. The fourth-order valence-corrected chi connectivity index (χ4v) is 3.85. The number of nitrogens with one attached hydrogen (secondary N) is 1. The van der Waals surface area contributed by atoms with E-state index in [1.54, 1.807) is 0 Å². The molecule has 2 aliphatic rings. The van der Waals surface area contributed by atoms with Crippen molar-refractivity contribution in [3.8, 4) is 0 Å². The van der Waals surface area contributed by atoms with Gasteiger partial charge in [-0.15, -0.1) is 12.4 Å². The molecule has 2 fully saturated rings. The molecule has 5 nitrogen and oxygen atoms in total. The molecule has 0 aliphatic carbocycles. The molecule has 0 bridgehead atoms. The number of piperidine rings is 1. The van der Waals surface area contributed by atoms with E-state index < -0.39 is 0 Å². The molecule has 1 N–H and O–H groups in total. The molecule has 1 aromatic rings. The van der Waals surface area contributed by atoms with Gasteiger partial charge in [0.05, 0.1) is 12.5 Å². The van der Waals surface area contributed by atoms with Gasteiger partial charge in [-0.05, 0) is 37.2 Å². The third-order valence-electron chi connectivity index (χ3n) is 5.63. The number of hydrogen-bond acceptors (Lipinski definition) is 3. The van der Waals surface area contributed by atoms with Crippen LogP contribution in [0.5, 0.6) is 0 Å². The van der Waals surface area contributed by atoms with Crippen LogP contribution in [0.1, 0.15) is 38.2 Å². The van der Waals surface area contributed by atoms with E-state index in [0.29, 0.717) is 12.3 Å². The first kappa shape index (κ1) is 21.7. The molecule has 2 heterocycles. The molecule has 0 aromatic heterocycles. The predicted octanol–water partition coefficient (Wildman–Crippen LogP) is 2.49. The maximum Gasteiger partial charge on any atom is 0.240 e. The Hall–Kier alpha value is -1.59. The highest BCUT2D eigenvalue weighted by Crippen LogP contribution is 2.18. The summed E-state index contributed by atoms with van der Waals surface area (Å²) in [4.78, 5) is 29.1. The molecule has 3 rings (SSSR count). The van der Waals surface area contributed by atoms with E-state index in [1.165, 1.54) is 5.56 Å². The van der Waals surface area contributed by atoms with E-state index in [2.05, 4.69) is 24.4 Å². The first-order valence-corrected chi connectivity index (χ1v) is 9.97. The van der Waals surface area contributed by atoms with E-state index in [1.807, 2.05) is 28.0 Å². The average Bonchev–Trinajstić information content (AvgIpc) is 2.66. The Morgan fingerprint density at radius 1 is 1.15 bits per heavy atom. The van der Waals surface area contributed by atoms with Crippen LogP contribution in [-0.4, -0.2) is 60.4 Å². The van der Waals surface area contributed by atoms with Crippen molar-refractivity contribution in [2.75, 3.05) is 32.7 Å². The molecule has 0 radical (unpaired) electrons. The van der Waals surface area contributed by atoms with E-state index in [-0.39, 0.29) is 30.3 Å². The molecule has 0 saturated carbocycles. The number of amides is 2. The van der Waals surface area contributed by atoms with Gasteiger partial charge >= 0.3 is 0 Å². The number of carbonyl (C=O) groups is 2. The Morgan fingerprint density at radius 2 is 1.85 bits per heavy atom. The van der Waals surface area contributed by atoms with Gasteiger partial charge in [-0.3, -0.25) is 9.59 Å². The molecular weight excluding hydrogens is 362 g/mol. The second-order valence-electron chi connectivity index (χ2n) is 7.69. The van der Waals surface area contributed by atoms with Crippen molar-refractivity contribution in [2.24, 2.45) is 5.92 Å². The summed E-state index contributed by atoms with van der Waals surface area (Å²) in [6.07, 6.45) is 4.38. The fraction of sp³-hybridized carbons (Fsp3) is 0.619. The second kappa shape index (κ2) is 10.7. The second-order valence-corrected chi connectivity index (χ2v) is 7.69. The lowest BCUT2D eigenvalue weighted by Crippen LogP contribution is -2.56. The number of rotatable bonds is 6. The lowest BCUT2D eigenvalue weighted by molar-refractivity contribution is -0.141. The number of likely N-dealkylation sites (tertiary alicyclic amines) is 1. The zero-order valence-corrected chi connectivity index (χ0v) is 17.0. The highest BCUT2D eigenvalue weighted by molar-refractivity contribution is 5.89. The van der Waals surface area contributed by atoms with Crippen molar-refractivity contribution in [1.82, 2.24) is 15.1 Å². The van der Waals surface area contributed by atoms with Crippen LogP contribution in [0.3, 0.4) is 0 Å². The van der Waals surface area contributed by atoms with Crippen molar-refractivity contribution in [3.63, 3.8) is 0 Å². The quantitative estimate of drug-likeness (QED) is 0.807. The molecule has 1 atom stereocenters. The number of benzene rings is 1. The van der Waals surface area contributed by atoms with E-state index in [0.717, 1.165) is 58.4 Å². The van der Waals surface area contributed by atoms with Crippen molar-refractivity contribution in [2.45, 2.75) is 45.1 Å². The summed E-state index contributed by atoms with van der Waals surface area (Å²) in [6.45, 7) is 6.18. The van der Waals surface area contributed by atoms with Crippen LogP contribution in [0.2, 0.25) is 0 Å². The number of nitrogens with zero attached hydrogens (tertiary/aromatic N) is 2. The summed E-state index contributed by atoms with van der Waals surface area (Å²) in [5, 5.41) is 3.25. The molecule has 150 valence electrons. The minimum atomic E-state index is -0.354. The zero-order chi connectivity index (χ0) is 18.4. The molecule has 0 spiro atoms. The van der Waals surface area contributed by atoms with Gasteiger partial charge in [0.25, 0.3) is 0 Å². The van der Waals surface area contributed by atoms with Crippen LogP contribution in [0.4, 0.5) is 0 Å². The number of halogens is 1. The van der Waals surface area contributed by atoms with Crippen molar-refractivity contribution < 1.29 is 9.59 Å². The highest BCUT2D eigenvalue weighted by atomic mass is 35.5. The summed E-state index contributed by atoms with van der Waals surface area (Å²) in [7, 11) is 0. The largest absolute Gasteiger partial charge is 0.343 e. The maximum atomic E-state index is 12.7. The van der Waals surface area contributed by atoms with Crippen molar-refractivity contribution in [3.05, 3.63) is 35.9 Å². The third-order valence-corrected chi connectivity index (χ3v) is 5.63. The standard InChI is InChI=1S/C21H31N3O2.ClH/c1-17-9-13-23(14-10-17)20(25)16-19-21(26)24(15-11-22-19)12-5-8-18-6-3-2-4-7-18;/h2-4,6-7,17,19,22H,5,8-16H2,1H3;1H. The van der Waals surface area contributed by atoms with Crippen LogP contribution in [-0.2, 0) is 16.0 Å². The molecule has 6 heteroatoms. The topological polar surface area (TPSA) is 52.7 Å². The van der Waals surface area contributed by atoms with Gasteiger partial charge in [-0.25, -0.2) is 0 Å². The first-order valence-electron chi connectivity index (χ1n) is 9.97. The fourth-order valence-electron chi connectivity index (χ4n) is 3.85. The first-order chi connectivity index (χ1) is 12.6. The number of piperazine rings is 1. The SMILES string of the molecule is CC1CCN(C(=O)CC2NCCN(CCCc3ccccc3)C2=O)CC1.Cl. The molecular formula is C21H32ClN3O2. The Morgan fingerprint density at radius 3 is 2.56 bits per heavy atom. The van der Waals surface area contributed by atoms with E-state index in [9.17, 15) is 9.59 Å². The van der Waals surface area contributed by atoms with Gasteiger partial charge in [0.2, 0.25) is 11.8 Å². The Kier molecular flexibility index (Phi) is 8.58. The Bertz CT molecular complexity index is 603. The van der Waals surface area contributed by atoms with E-state index in [4.69, 9.17) is 0 Å². The monoisotopic (exact) mass is 393 g/mol. The average molecular weight is 394 g/mol. The minimum absolute atomic E-state index is 0. The molecule has 2 aliphatic heterocycles. The molecule has 1 unspecified atom stereocenters.